The third-order valence-electron chi connectivity index (χ3n) is 3.21. The van der Waals surface area contributed by atoms with Gasteiger partial charge in [0.15, 0.2) is 0 Å². The van der Waals surface area contributed by atoms with Crippen molar-refractivity contribution in [2.75, 3.05) is 0 Å². The van der Waals surface area contributed by atoms with Crippen LogP contribution in [0.1, 0.15) is 16.1 Å². The number of hydrogen-bond acceptors (Lipinski definition) is 4. The molecule has 3 N–H and O–H groups in total. The standard InChI is InChI=1S/C17H13BrN4O2/c18-13-6-4-12(5-7-13)15-9-16(21-20-15)17(24)22-19-10-11-2-1-3-14(23)8-11/h1-10,23H,(H,20,21)(H,22,24). The molecular formula is C17H13BrN4O2. The van der Waals surface area contributed by atoms with Crippen LogP contribution in [0.5, 0.6) is 5.75 Å². The van der Waals surface area contributed by atoms with Crippen molar-refractivity contribution < 1.29 is 9.90 Å². The van der Waals surface area contributed by atoms with Gasteiger partial charge >= 0.3 is 0 Å². The van der Waals surface area contributed by atoms with Crippen molar-refractivity contribution in [3.8, 4) is 17.0 Å². The Morgan fingerprint density at radius 3 is 2.75 bits per heavy atom. The number of amides is 1. The fraction of sp³-hybridized carbons (Fsp3) is 0. The van der Waals surface area contributed by atoms with Crippen LogP contribution in [0.2, 0.25) is 0 Å². The minimum absolute atomic E-state index is 0.137. The molecule has 120 valence electrons. The topological polar surface area (TPSA) is 90.4 Å². The Morgan fingerprint density at radius 1 is 1.21 bits per heavy atom. The highest BCUT2D eigenvalue weighted by Crippen LogP contribution is 2.20. The summed E-state index contributed by atoms with van der Waals surface area (Å²) in [6.45, 7) is 0. The number of halogens is 1. The average Bonchev–Trinajstić information content (AvgIpc) is 3.05. The molecule has 0 aliphatic carbocycles. The zero-order valence-electron chi connectivity index (χ0n) is 12.4. The lowest BCUT2D eigenvalue weighted by atomic mass is 10.1. The van der Waals surface area contributed by atoms with E-state index < -0.39 is 5.91 Å². The molecule has 0 unspecified atom stereocenters. The summed E-state index contributed by atoms with van der Waals surface area (Å²) in [5, 5.41) is 20.0. The maximum absolute atomic E-state index is 12.0. The number of nitrogens with one attached hydrogen (secondary N) is 2. The van der Waals surface area contributed by atoms with Crippen molar-refractivity contribution in [2.24, 2.45) is 5.10 Å². The second-order valence-electron chi connectivity index (χ2n) is 4.97. The van der Waals surface area contributed by atoms with E-state index in [1.165, 1.54) is 12.3 Å². The normalized spacial score (nSPS) is 10.9. The predicted molar refractivity (Wildman–Crippen MR) is 94.9 cm³/mol. The number of aromatic hydroxyl groups is 1. The van der Waals surface area contributed by atoms with Gasteiger partial charge in [0.25, 0.3) is 5.91 Å². The summed E-state index contributed by atoms with van der Waals surface area (Å²) < 4.78 is 0.973. The fourth-order valence-electron chi connectivity index (χ4n) is 2.04. The Balaban J connectivity index is 1.66. The van der Waals surface area contributed by atoms with Crippen LogP contribution in [-0.4, -0.2) is 27.4 Å². The van der Waals surface area contributed by atoms with Crippen LogP contribution in [0.15, 0.2) is 64.2 Å². The van der Waals surface area contributed by atoms with Gasteiger partial charge in [-0.15, -0.1) is 0 Å². The number of benzene rings is 2. The molecule has 0 saturated carbocycles. The largest absolute Gasteiger partial charge is 0.508 e. The number of carbonyl (C=O) groups is 1. The van der Waals surface area contributed by atoms with Crippen LogP contribution < -0.4 is 5.43 Å². The Kier molecular flexibility index (Phi) is 4.72. The van der Waals surface area contributed by atoms with E-state index in [1.807, 2.05) is 24.3 Å². The van der Waals surface area contributed by atoms with Gasteiger partial charge in [0, 0.05) is 10.0 Å². The van der Waals surface area contributed by atoms with Gasteiger partial charge in [0.05, 0.1) is 11.9 Å². The Morgan fingerprint density at radius 2 is 2.00 bits per heavy atom. The van der Waals surface area contributed by atoms with Crippen LogP contribution in [0.4, 0.5) is 0 Å². The first-order chi connectivity index (χ1) is 11.6. The number of phenolic OH excluding ortho intramolecular Hbond substituents is 1. The smallest absolute Gasteiger partial charge is 0.289 e. The number of aromatic nitrogens is 2. The van der Waals surface area contributed by atoms with E-state index in [1.54, 1.807) is 24.3 Å². The van der Waals surface area contributed by atoms with Crippen molar-refractivity contribution in [1.82, 2.24) is 15.6 Å². The van der Waals surface area contributed by atoms with Gasteiger partial charge in [0.2, 0.25) is 0 Å². The Hall–Kier alpha value is -2.93. The molecule has 3 aromatic rings. The van der Waals surface area contributed by atoms with E-state index in [0.717, 1.165) is 10.0 Å². The molecule has 0 bridgehead atoms. The molecule has 0 spiro atoms. The molecule has 1 amide bonds. The number of aromatic amines is 1. The highest BCUT2D eigenvalue weighted by molar-refractivity contribution is 9.10. The van der Waals surface area contributed by atoms with Crippen molar-refractivity contribution in [3.63, 3.8) is 0 Å². The summed E-state index contributed by atoms with van der Waals surface area (Å²) >= 11 is 3.37. The molecule has 0 aliphatic heterocycles. The summed E-state index contributed by atoms with van der Waals surface area (Å²) in [5.41, 5.74) is 4.96. The van der Waals surface area contributed by atoms with Crippen LogP contribution in [-0.2, 0) is 0 Å². The van der Waals surface area contributed by atoms with E-state index in [2.05, 4.69) is 36.7 Å². The molecule has 0 radical (unpaired) electrons. The molecule has 0 saturated heterocycles. The van der Waals surface area contributed by atoms with Crippen molar-refractivity contribution >= 4 is 28.1 Å². The monoisotopic (exact) mass is 384 g/mol. The molecule has 7 heteroatoms. The van der Waals surface area contributed by atoms with Crippen molar-refractivity contribution in [1.29, 1.82) is 0 Å². The third kappa shape index (κ3) is 3.88. The van der Waals surface area contributed by atoms with Crippen LogP contribution >= 0.6 is 15.9 Å². The molecule has 0 fully saturated rings. The quantitative estimate of drug-likeness (QED) is 0.476. The number of nitrogens with zero attached hydrogens (tertiary/aromatic N) is 2. The third-order valence-corrected chi connectivity index (χ3v) is 3.74. The van der Waals surface area contributed by atoms with Gasteiger partial charge in [-0.05, 0) is 35.9 Å². The SMILES string of the molecule is O=C(NN=Cc1cccc(O)c1)c1cc(-c2ccc(Br)cc2)n[nH]1. The Bertz CT molecular complexity index is 888. The summed E-state index contributed by atoms with van der Waals surface area (Å²) in [5.74, 6) is -0.264. The second kappa shape index (κ2) is 7.10. The van der Waals surface area contributed by atoms with Gasteiger partial charge in [-0.3, -0.25) is 9.89 Å². The zero-order valence-corrected chi connectivity index (χ0v) is 14.0. The highest BCUT2D eigenvalue weighted by atomic mass is 79.9. The maximum Gasteiger partial charge on any atom is 0.289 e. The first-order valence-corrected chi connectivity index (χ1v) is 7.85. The lowest BCUT2D eigenvalue weighted by Gasteiger charge is -1.97. The first kappa shape index (κ1) is 15.9. The fourth-order valence-corrected chi connectivity index (χ4v) is 2.30. The molecule has 1 aromatic heterocycles. The van der Waals surface area contributed by atoms with Gasteiger partial charge < -0.3 is 5.11 Å². The first-order valence-electron chi connectivity index (χ1n) is 7.05. The van der Waals surface area contributed by atoms with E-state index in [9.17, 15) is 9.90 Å². The predicted octanol–water partition coefficient (Wildman–Crippen LogP) is 3.31. The number of hydrazone groups is 1. The van der Waals surface area contributed by atoms with Gasteiger partial charge in [-0.25, -0.2) is 5.43 Å². The van der Waals surface area contributed by atoms with Crippen LogP contribution in [0, 0.1) is 0 Å². The number of carbonyl (C=O) groups excluding carboxylic acids is 1. The maximum atomic E-state index is 12.0. The van der Waals surface area contributed by atoms with Gasteiger partial charge in [-0.1, -0.05) is 40.2 Å². The van der Waals surface area contributed by atoms with Crippen LogP contribution in [0.25, 0.3) is 11.3 Å². The minimum Gasteiger partial charge on any atom is -0.508 e. The van der Waals surface area contributed by atoms with Gasteiger partial charge in [-0.2, -0.15) is 10.2 Å². The lowest BCUT2D eigenvalue weighted by Crippen LogP contribution is -2.17. The van der Waals surface area contributed by atoms with E-state index in [0.29, 0.717) is 17.0 Å². The number of hydrogen-bond donors (Lipinski definition) is 3. The second-order valence-corrected chi connectivity index (χ2v) is 5.88. The zero-order chi connectivity index (χ0) is 16.9. The van der Waals surface area contributed by atoms with Crippen molar-refractivity contribution in [2.45, 2.75) is 0 Å². The van der Waals surface area contributed by atoms with E-state index in [4.69, 9.17) is 0 Å². The number of phenols is 1. The summed E-state index contributed by atoms with van der Waals surface area (Å²) in [6, 6.07) is 15.8. The number of H-pyrrole nitrogens is 1. The molecule has 0 atom stereocenters. The summed E-state index contributed by atoms with van der Waals surface area (Å²) in [4.78, 5) is 12.0. The van der Waals surface area contributed by atoms with Crippen molar-refractivity contribution in [3.05, 3.63) is 70.3 Å². The Labute approximate surface area is 146 Å². The summed E-state index contributed by atoms with van der Waals surface area (Å²) in [6.07, 6.45) is 1.45. The van der Waals surface area contributed by atoms with E-state index in [-0.39, 0.29) is 5.75 Å². The number of rotatable bonds is 4. The molecule has 2 aromatic carbocycles. The van der Waals surface area contributed by atoms with Gasteiger partial charge in [0.1, 0.15) is 11.4 Å². The molecular weight excluding hydrogens is 372 g/mol. The highest BCUT2D eigenvalue weighted by Gasteiger charge is 2.10. The summed E-state index contributed by atoms with van der Waals surface area (Å²) in [7, 11) is 0. The van der Waals surface area contributed by atoms with E-state index >= 15 is 0 Å². The van der Waals surface area contributed by atoms with Crippen LogP contribution in [0.3, 0.4) is 0 Å². The molecule has 1 heterocycles. The molecule has 6 nitrogen and oxygen atoms in total. The molecule has 24 heavy (non-hydrogen) atoms. The lowest BCUT2D eigenvalue weighted by molar-refractivity contribution is 0.0950. The molecule has 3 rings (SSSR count). The molecule has 0 aliphatic rings. The minimum atomic E-state index is -0.401. The average molecular weight is 385 g/mol.